The van der Waals surface area contributed by atoms with Crippen LogP contribution < -0.4 is 0 Å². The molecule has 0 saturated carbocycles. The van der Waals surface area contributed by atoms with Crippen LogP contribution in [0.4, 0.5) is 0 Å². The summed E-state index contributed by atoms with van der Waals surface area (Å²) in [6.07, 6.45) is 0. The van der Waals surface area contributed by atoms with Gasteiger partial charge in [0.2, 0.25) is 0 Å². The van der Waals surface area contributed by atoms with E-state index < -0.39 is 10.8 Å². The van der Waals surface area contributed by atoms with Crippen molar-refractivity contribution in [3.8, 4) is 22.3 Å². The molecule has 3 aliphatic rings. The van der Waals surface area contributed by atoms with Gasteiger partial charge in [0.25, 0.3) is 0 Å². The Morgan fingerprint density at radius 2 is 0.593 bits per heavy atom. The van der Waals surface area contributed by atoms with E-state index >= 15 is 0 Å². The molecule has 54 heavy (non-hydrogen) atoms. The highest BCUT2D eigenvalue weighted by molar-refractivity contribution is 6.26. The van der Waals surface area contributed by atoms with Gasteiger partial charge in [-0.1, -0.05) is 178 Å². The van der Waals surface area contributed by atoms with E-state index in [2.05, 4.69) is 197 Å². The maximum Gasteiger partial charge on any atom is 0.0720 e. The minimum absolute atomic E-state index is 0.0424. The Hall–Kier alpha value is -6.24. The zero-order chi connectivity index (χ0) is 36.0. The van der Waals surface area contributed by atoms with Crippen molar-refractivity contribution in [2.45, 2.75) is 37.0 Å². The quantitative estimate of drug-likeness (QED) is 0.139. The van der Waals surface area contributed by atoms with E-state index in [1.165, 1.54) is 105 Å². The number of hydrogen-bond donors (Lipinski definition) is 0. The van der Waals surface area contributed by atoms with Gasteiger partial charge < -0.3 is 0 Å². The van der Waals surface area contributed by atoms with E-state index in [0.717, 1.165) is 0 Å². The average Bonchev–Trinajstić information content (AvgIpc) is 3.68. The molecule has 254 valence electrons. The zero-order valence-corrected chi connectivity index (χ0v) is 30.7. The highest BCUT2D eigenvalue weighted by Crippen LogP contribution is 2.68. The monoisotopic (exact) mass is 686 g/mol. The fourth-order valence-corrected chi connectivity index (χ4v) is 11.1. The van der Waals surface area contributed by atoms with Gasteiger partial charge in [0.05, 0.1) is 10.8 Å². The molecule has 0 fully saturated rings. The van der Waals surface area contributed by atoms with E-state index in [4.69, 9.17) is 0 Å². The zero-order valence-electron chi connectivity index (χ0n) is 30.7. The predicted molar refractivity (Wildman–Crippen MR) is 226 cm³/mol. The first kappa shape index (κ1) is 30.2. The molecule has 3 aliphatic carbocycles. The second kappa shape index (κ2) is 10.2. The predicted octanol–water partition coefficient (Wildman–Crippen LogP) is 13.5. The van der Waals surface area contributed by atoms with Crippen LogP contribution in [-0.2, 0) is 16.2 Å². The van der Waals surface area contributed by atoms with Crippen molar-refractivity contribution in [3.63, 3.8) is 0 Å². The van der Waals surface area contributed by atoms with Crippen LogP contribution in [0.3, 0.4) is 0 Å². The maximum absolute atomic E-state index is 2.64. The van der Waals surface area contributed by atoms with Crippen LogP contribution >= 0.6 is 0 Å². The Morgan fingerprint density at radius 3 is 0.981 bits per heavy atom. The summed E-state index contributed by atoms with van der Waals surface area (Å²) < 4.78 is 0. The van der Waals surface area contributed by atoms with Crippen LogP contribution in [0.15, 0.2) is 176 Å². The van der Waals surface area contributed by atoms with E-state index in [-0.39, 0.29) is 5.41 Å². The molecule has 2 spiro atoms. The second-order valence-electron chi connectivity index (χ2n) is 16.7. The molecule has 0 aromatic heterocycles. The van der Waals surface area contributed by atoms with Crippen molar-refractivity contribution >= 4 is 32.3 Å². The van der Waals surface area contributed by atoms with Crippen LogP contribution in [0.25, 0.3) is 54.6 Å². The lowest BCUT2D eigenvalue weighted by Crippen LogP contribution is -2.43. The van der Waals surface area contributed by atoms with E-state index in [1.807, 2.05) is 0 Å². The van der Waals surface area contributed by atoms with E-state index in [1.54, 1.807) is 0 Å². The Bertz CT molecular complexity index is 3000. The molecule has 9 aromatic carbocycles. The first-order chi connectivity index (χ1) is 26.4. The molecule has 0 heterocycles. The maximum atomic E-state index is 2.64. The molecule has 0 bridgehead atoms. The molecule has 0 N–H and O–H groups in total. The molecule has 0 amide bonds. The van der Waals surface area contributed by atoms with Crippen LogP contribution in [0.2, 0.25) is 0 Å². The lowest BCUT2D eigenvalue weighted by molar-refractivity contribution is 0.591. The number of benzene rings is 9. The van der Waals surface area contributed by atoms with Crippen LogP contribution in [0.5, 0.6) is 0 Å². The molecule has 0 saturated heterocycles. The Balaban J connectivity index is 1.36. The standard InChI is InChI=1S/C54H38/c1-52(2,3)33-28-29-36-41(30-33)34-16-4-5-17-35(34)42-31-50-51(32-43(36)42)54(46-24-12-8-20-39(46)40-21-9-13-25-47(40)54)49-27-15-14-26-48(49)53(50)44-22-10-6-18-37(44)38-19-7-11-23-45(38)53/h4-32H,1-3H3. The van der Waals surface area contributed by atoms with Crippen molar-refractivity contribution < 1.29 is 0 Å². The molecule has 0 aliphatic heterocycles. The van der Waals surface area contributed by atoms with E-state index in [0.29, 0.717) is 0 Å². The third kappa shape index (κ3) is 3.46. The molecule has 9 aromatic rings. The third-order valence-corrected chi connectivity index (χ3v) is 13.3. The van der Waals surface area contributed by atoms with E-state index in [9.17, 15) is 0 Å². The minimum atomic E-state index is -0.506. The fourth-order valence-electron chi connectivity index (χ4n) is 11.1. The molecule has 12 rings (SSSR count). The van der Waals surface area contributed by atoms with Gasteiger partial charge in [-0.15, -0.1) is 0 Å². The van der Waals surface area contributed by atoms with Crippen molar-refractivity contribution in [2.24, 2.45) is 0 Å². The van der Waals surface area contributed by atoms with Crippen LogP contribution in [0, 0.1) is 0 Å². The molecule has 0 radical (unpaired) electrons. The summed E-state index contributed by atoms with van der Waals surface area (Å²) in [5.41, 5.74) is 16.7. The van der Waals surface area contributed by atoms with Gasteiger partial charge in [-0.05, 0) is 128 Å². The molecule has 0 heteroatoms. The van der Waals surface area contributed by atoms with Crippen molar-refractivity contribution in [3.05, 3.63) is 226 Å². The summed E-state index contributed by atoms with van der Waals surface area (Å²) in [4.78, 5) is 0. The normalized spacial score (nSPS) is 15.2. The highest BCUT2D eigenvalue weighted by Gasteiger charge is 2.59. The molecule has 0 nitrogen and oxygen atoms in total. The largest absolute Gasteiger partial charge is 0.0720 e. The second-order valence-corrected chi connectivity index (χ2v) is 16.7. The van der Waals surface area contributed by atoms with Gasteiger partial charge in [-0.3, -0.25) is 0 Å². The summed E-state index contributed by atoms with van der Waals surface area (Å²) in [6, 6.07) is 67.9. The molecule has 0 atom stereocenters. The molecular formula is C54H38. The summed E-state index contributed by atoms with van der Waals surface area (Å²) in [7, 11) is 0. The SMILES string of the molecule is CC(C)(C)c1ccc2c(c1)c1ccccc1c1cc3c(cc21)C1(c2ccccc2-c2ccccc21)c1ccccc1C31c2ccccc2-c2ccccc21. The average molecular weight is 687 g/mol. The lowest BCUT2D eigenvalue weighted by atomic mass is 9.52. The summed E-state index contributed by atoms with van der Waals surface area (Å²) >= 11 is 0. The van der Waals surface area contributed by atoms with Gasteiger partial charge in [-0.25, -0.2) is 0 Å². The van der Waals surface area contributed by atoms with Crippen LogP contribution in [0.1, 0.15) is 70.8 Å². The van der Waals surface area contributed by atoms with Crippen molar-refractivity contribution in [1.82, 2.24) is 0 Å². The van der Waals surface area contributed by atoms with Gasteiger partial charge in [0.15, 0.2) is 0 Å². The topological polar surface area (TPSA) is 0 Å². The van der Waals surface area contributed by atoms with Gasteiger partial charge in [0, 0.05) is 0 Å². The summed E-state index contributed by atoms with van der Waals surface area (Å²) in [6.45, 7) is 6.96. The number of fused-ring (bicyclic) bond motifs is 22. The first-order valence-electron chi connectivity index (χ1n) is 19.4. The van der Waals surface area contributed by atoms with Crippen molar-refractivity contribution in [1.29, 1.82) is 0 Å². The molecular weight excluding hydrogens is 649 g/mol. The summed E-state index contributed by atoms with van der Waals surface area (Å²) in [5.74, 6) is 0. The number of hydrogen-bond acceptors (Lipinski definition) is 0. The van der Waals surface area contributed by atoms with Gasteiger partial charge >= 0.3 is 0 Å². The van der Waals surface area contributed by atoms with Crippen LogP contribution in [-0.4, -0.2) is 0 Å². The third-order valence-electron chi connectivity index (χ3n) is 13.3. The Morgan fingerprint density at radius 1 is 0.278 bits per heavy atom. The fraction of sp³-hybridized carbons (Fsp3) is 0.111. The summed E-state index contributed by atoms with van der Waals surface area (Å²) in [5, 5.41) is 7.90. The minimum Gasteiger partial charge on any atom is -0.0619 e. The first-order valence-corrected chi connectivity index (χ1v) is 19.4. The smallest absolute Gasteiger partial charge is 0.0619 e. The highest BCUT2D eigenvalue weighted by atomic mass is 14.6. The number of rotatable bonds is 0. The Labute approximate surface area is 316 Å². The lowest BCUT2D eigenvalue weighted by Gasteiger charge is -2.49. The van der Waals surface area contributed by atoms with Crippen molar-refractivity contribution in [2.75, 3.05) is 0 Å². The Kier molecular flexibility index (Phi) is 5.74. The van der Waals surface area contributed by atoms with Gasteiger partial charge in [-0.2, -0.15) is 0 Å². The molecule has 0 unspecified atom stereocenters. The van der Waals surface area contributed by atoms with Gasteiger partial charge in [0.1, 0.15) is 0 Å².